The number of nitrogens with zero attached hydrogens (tertiary/aromatic N) is 1. The topological polar surface area (TPSA) is 53.9 Å². The van der Waals surface area contributed by atoms with Crippen molar-refractivity contribution in [2.45, 2.75) is 26.9 Å². The first-order valence-corrected chi connectivity index (χ1v) is 6.91. The molecule has 3 aromatic rings. The molecule has 0 aliphatic heterocycles. The summed E-state index contributed by atoms with van der Waals surface area (Å²) in [4.78, 5) is 7.66. The molecule has 2 N–H and O–H groups in total. The minimum absolute atomic E-state index is 0.584. The van der Waals surface area contributed by atoms with Gasteiger partial charge in [-0.15, -0.1) is 0 Å². The maximum atomic E-state index is 6.36. The average Bonchev–Trinajstić information content (AvgIpc) is 2.92. The van der Waals surface area contributed by atoms with Crippen LogP contribution in [0.1, 0.15) is 23.0 Å². The highest BCUT2D eigenvalue weighted by Gasteiger charge is 2.09. The molecule has 0 atom stereocenters. The maximum Gasteiger partial charge on any atom is 0.208 e. The largest absolute Gasteiger partial charge is 0.444 e. The molecule has 0 radical (unpaired) electrons. The Bertz CT molecular complexity index is 725. The number of aromatic nitrogens is 2. The number of nitrogens with one attached hydrogen (secondary N) is 2. The van der Waals surface area contributed by atoms with Crippen LogP contribution in [0.25, 0.3) is 10.9 Å². The number of aryl methyl sites for hydroxylation is 2. The lowest BCUT2D eigenvalue weighted by molar-refractivity contribution is 0.448. The number of para-hydroxylation sites is 1. The number of benzene rings is 1. The standard InChI is InChI=1S/C15H16ClN3O/c1-9-10(2)20-14(18-9)8-17-7-13-15(16)11-5-3-4-6-12(11)19-13/h3-6,17,19H,7-8H2,1-2H3. The highest BCUT2D eigenvalue weighted by Crippen LogP contribution is 2.26. The summed E-state index contributed by atoms with van der Waals surface area (Å²) in [6.45, 7) is 5.09. The Morgan fingerprint density at radius 3 is 2.75 bits per heavy atom. The summed E-state index contributed by atoms with van der Waals surface area (Å²) in [7, 11) is 0. The van der Waals surface area contributed by atoms with Crippen molar-refractivity contribution in [3.63, 3.8) is 0 Å². The zero-order valence-corrected chi connectivity index (χ0v) is 12.2. The van der Waals surface area contributed by atoms with E-state index in [-0.39, 0.29) is 0 Å². The van der Waals surface area contributed by atoms with Gasteiger partial charge in [0.05, 0.1) is 17.3 Å². The van der Waals surface area contributed by atoms with Gasteiger partial charge in [-0.25, -0.2) is 4.98 Å². The van der Waals surface area contributed by atoms with Crippen LogP contribution in [-0.4, -0.2) is 9.97 Å². The molecule has 4 nitrogen and oxygen atoms in total. The number of aromatic amines is 1. The summed E-state index contributed by atoms with van der Waals surface area (Å²) in [5.74, 6) is 1.57. The normalized spacial score (nSPS) is 11.3. The summed E-state index contributed by atoms with van der Waals surface area (Å²) in [6.07, 6.45) is 0. The van der Waals surface area contributed by atoms with Crippen LogP contribution >= 0.6 is 11.6 Å². The van der Waals surface area contributed by atoms with Crippen LogP contribution in [0.2, 0.25) is 5.02 Å². The van der Waals surface area contributed by atoms with E-state index in [1.165, 1.54) is 0 Å². The zero-order valence-electron chi connectivity index (χ0n) is 11.5. The van der Waals surface area contributed by atoms with E-state index in [1.54, 1.807) is 0 Å². The number of oxazole rings is 1. The van der Waals surface area contributed by atoms with Gasteiger partial charge >= 0.3 is 0 Å². The molecule has 0 bridgehead atoms. The lowest BCUT2D eigenvalue weighted by Crippen LogP contribution is -2.13. The Kier molecular flexibility index (Phi) is 3.51. The molecule has 20 heavy (non-hydrogen) atoms. The van der Waals surface area contributed by atoms with Gasteiger partial charge in [-0.05, 0) is 19.9 Å². The van der Waals surface area contributed by atoms with Crippen molar-refractivity contribution < 1.29 is 4.42 Å². The Labute approximate surface area is 122 Å². The summed E-state index contributed by atoms with van der Waals surface area (Å²) in [5, 5.41) is 5.11. The maximum absolute atomic E-state index is 6.36. The minimum atomic E-state index is 0.584. The van der Waals surface area contributed by atoms with Gasteiger partial charge in [0.2, 0.25) is 5.89 Å². The third-order valence-electron chi connectivity index (χ3n) is 3.36. The van der Waals surface area contributed by atoms with Crippen molar-refractivity contribution in [3.8, 4) is 0 Å². The minimum Gasteiger partial charge on any atom is -0.444 e. The fourth-order valence-electron chi connectivity index (χ4n) is 2.19. The van der Waals surface area contributed by atoms with Crippen molar-refractivity contribution in [1.29, 1.82) is 0 Å². The molecule has 104 valence electrons. The van der Waals surface area contributed by atoms with Crippen molar-refractivity contribution in [2.75, 3.05) is 0 Å². The van der Waals surface area contributed by atoms with E-state index in [1.807, 2.05) is 38.1 Å². The highest BCUT2D eigenvalue weighted by molar-refractivity contribution is 6.36. The first-order valence-electron chi connectivity index (χ1n) is 6.54. The predicted molar refractivity (Wildman–Crippen MR) is 79.8 cm³/mol. The third kappa shape index (κ3) is 2.44. The van der Waals surface area contributed by atoms with Gasteiger partial charge in [0.25, 0.3) is 0 Å². The molecular weight excluding hydrogens is 274 g/mol. The monoisotopic (exact) mass is 289 g/mol. The van der Waals surface area contributed by atoms with Crippen LogP contribution in [0.15, 0.2) is 28.7 Å². The lowest BCUT2D eigenvalue weighted by atomic mass is 10.2. The first kappa shape index (κ1) is 13.2. The van der Waals surface area contributed by atoms with Gasteiger partial charge in [0.15, 0.2) is 0 Å². The van der Waals surface area contributed by atoms with Gasteiger partial charge in [0.1, 0.15) is 5.76 Å². The van der Waals surface area contributed by atoms with Gasteiger partial charge in [0, 0.05) is 23.1 Å². The smallest absolute Gasteiger partial charge is 0.208 e. The van der Waals surface area contributed by atoms with Crippen LogP contribution in [0.4, 0.5) is 0 Å². The fourth-order valence-corrected chi connectivity index (χ4v) is 2.47. The van der Waals surface area contributed by atoms with Crippen molar-refractivity contribution in [2.24, 2.45) is 0 Å². The van der Waals surface area contributed by atoms with E-state index in [4.69, 9.17) is 16.0 Å². The lowest BCUT2D eigenvalue weighted by Gasteiger charge is -2.00. The van der Waals surface area contributed by atoms with Gasteiger partial charge < -0.3 is 14.7 Å². The summed E-state index contributed by atoms with van der Waals surface area (Å²) in [6, 6.07) is 8.01. The van der Waals surface area contributed by atoms with Crippen molar-refractivity contribution in [1.82, 2.24) is 15.3 Å². The molecule has 0 unspecified atom stereocenters. The number of hydrogen-bond donors (Lipinski definition) is 2. The Morgan fingerprint density at radius 2 is 2.05 bits per heavy atom. The number of hydrogen-bond acceptors (Lipinski definition) is 3. The summed E-state index contributed by atoms with van der Waals surface area (Å²) >= 11 is 6.36. The second kappa shape index (κ2) is 5.31. The molecule has 0 spiro atoms. The van der Waals surface area contributed by atoms with Crippen LogP contribution in [0.3, 0.4) is 0 Å². The fraction of sp³-hybridized carbons (Fsp3) is 0.267. The van der Waals surface area contributed by atoms with Crippen molar-refractivity contribution in [3.05, 3.63) is 52.3 Å². The second-order valence-corrected chi connectivity index (χ2v) is 5.19. The molecule has 1 aromatic carbocycles. The van der Waals surface area contributed by atoms with E-state index < -0.39 is 0 Å². The molecule has 0 aliphatic rings. The van der Waals surface area contributed by atoms with E-state index in [0.29, 0.717) is 19.0 Å². The zero-order chi connectivity index (χ0) is 14.1. The molecule has 0 fully saturated rings. The van der Waals surface area contributed by atoms with E-state index in [2.05, 4.69) is 15.3 Å². The second-order valence-electron chi connectivity index (χ2n) is 4.82. The predicted octanol–water partition coefficient (Wildman–Crippen LogP) is 3.72. The Morgan fingerprint density at radius 1 is 1.25 bits per heavy atom. The number of halogens is 1. The highest BCUT2D eigenvalue weighted by atomic mass is 35.5. The molecule has 0 saturated carbocycles. The number of fused-ring (bicyclic) bond motifs is 1. The molecule has 0 saturated heterocycles. The summed E-state index contributed by atoms with van der Waals surface area (Å²) in [5.41, 5.74) is 2.97. The molecule has 0 amide bonds. The molecule has 2 heterocycles. The number of rotatable bonds is 4. The molecular formula is C15H16ClN3O. The van der Waals surface area contributed by atoms with Crippen LogP contribution in [0, 0.1) is 13.8 Å². The van der Waals surface area contributed by atoms with Gasteiger partial charge in [-0.2, -0.15) is 0 Å². The van der Waals surface area contributed by atoms with Crippen LogP contribution < -0.4 is 5.32 Å². The first-order chi connectivity index (χ1) is 9.65. The van der Waals surface area contributed by atoms with Gasteiger partial charge in [-0.1, -0.05) is 29.8 Å². The van der Waals surface area contributed by atoms with Gasteiger partial charge in [-0.3, -0.25) is 0 Å². The molecule has 0 aliphatic carbocycles. The Hall–Kier alpha value is -1.78. The van der Waals surface area contributed by atoms with E-state index in [9.17, 15) is 0 Å². The molecule has 3 rings (SSSR count). The molecule has 5 heteroatoms. The van der Waals surface area contributed by atoms with Crippen LogP contribution in [0.5, 0.6) is 0 Å². The Balaban J connectivity index is 1.69. The quantitative estimate of drug-likeness (QED) is 0.770. The SMILES string of the molecule is Cc1nc(CNCc2[nH]c3ccccc3c2Cl)oc1C. The van der Waals surface area contributed by atoms with Crippen molar-refractivity contribution >= 4 is 22.5 Å². The van der Waals surface area contributed by atoms with E-state index >= 15 is 0 Å². The molecule has 2 aromatic heterocycles. The summed E-state index contributed by atoms with van der Waals surface area (Å²) < 4.78 is 5.52. The van der Waals surface area contributed by atoms with Crippen LogP contribution in [-0.2, 0) is 13.1 Å². The number of H-pyrrole nitrogens is 1. The average molecular weight is 290 g/mol. The van der Waals surface area contributed by atoms with E-state index in [0.717, 1.165) is 33.1 Å². The third-order valence-corrected chi connectivity index (χ3v) is 3.80.